The summed E-state index contributed by atoms with van der Waals surface area (Å²) in [6.45, 7) is 6.48. The van der Waals surface area contributed by atoms with E-state index in [2.05, 4.69) is 18.7 Å². The monoisotopic (exact) mass is 264 g/mol. The van der Waals surface area contributed by atoms with Gasteiger partial charge in [0.2, 0.25) is 0 Å². The van der Waals surface area contributed by atoms with Gasteiger partial charge in [0.15, 0.2) is 0 Å². The van der Waals surface area contributed by atoms with Gasteiger partial charge >= 0.3 is 0 Å². The van der Waals surface area contributed by atoms with Gasteiger partial charge in [0.25, 0.3) is 0 Å². The van der Waals surface area contributed by atoms with E-state index >= 15 is 0 Å². The Kier molecular flexibility index (Phi) is 6.48. The zero-order chi connectivity index (χ0) is 14.3. The van der Waals surface area contributed by atoms with Gasteiger partial charge in [-0.05, 0) is 31.0 Å². The van der Waals surface area contributed by atoms with E-state index in [-0.39, 0.29) is 5.56 Å². The van der Waals surface area contributed by atoms with Gasteiger partial charge < -0.3 is 4.74 Å². The molecule has 1 unspecified atom stereocenters. The van der Waals surface area contributed by atoms with E-state index in [4.69, 9.17) is 10.00 Å². The van der Waals surface area contributed by atoms with Crippen LogP contribution in [0.1, 0.15) is 31.4 Å². The first kappa shape index (κ1) is 15.6. The van der Waals surface area contributed by atoms with Crippen molar-refractivity contribution >= 4 is 0 Å². The van der Waals surface area contributed by atoms with Crippen LogP contribution in [0.5, 0.6) is 0 Å². The molecule has 0 aliphatic carbocycles. The topological polar surface area (TPSA) is 36.3 Å². The maximum absolute atomic E-state index is 13.3. The molecule has 0 fully saturated rings. The summed E-state index contributed by atoms with van der Waals surface area (Å²) in [4.78, 5) is 2.28. The summed E-state index contributed by atoms with van der Waals surface area (Å²) in [6.07, 6.45) is 1.04. The molecule has 3 nitrogen and oxygen atoms in total. The Balaban J connectivity index is 2.81. The molecular formula is C15H21FN2O. The number of hydrogen-bond donors (Lipinski definition) is 0. The van der Waals surface area contributed by atoms with Crippen molar-refractivity contribution in [3.05, 3.63) is 35.1 Å². The molecule has 0 radical (unpaired) electrons. The maximum atomic E-state index is 13.3. The Morgan fingerprint density at radius 2 is 2.21 bits per heavy atom. The van der Waals surface area contributed by atoms with Crippen molar-refractivity contribution in [1.82, 2.24) is 4.90 Å². The molecule has 4 heteroatoms. The number of ether oxygens (including phenoxy) is 1. The van der Waals surface area contributed by atoms with Gasteiger partial charge in [0, 0.05) is 26.2 Å². The minimum absolute atomic E-state index is 0.105. The molecule has 0 saturated carbocycles. The number of nitriles is 1. The summed E-state index contributed by atoms with van der Waals surface area (Å²) in [6, 6.07) is 7.02. The number of benzene rings is 1. The molecule has 1 aromatic rings. The van der Waals surface area contributed by atoms with Crippen LogP contribution in [-0.4, -0.2) is 31.2 Å². The number of halogens is 1. The van der Waals surface area contributed by atoms with E-state index in [1.54, 1.807) is 19.2 Å². The van der Waals surface area contributed by atoms with Crippen molar-refractivity contribution in [2.75, 3.05) is 20.3 Å². The first-order valence-corrected chi connectivity index (χ1v) is 6.53. The molecule has 0 aliphatic rings. The quantitative estimate of drug-likeness (QED) is 0.759. The lowest BCUT2D eigenvalue weighted by molar-refractivity contribution is 0.118. The second-order valence-electron chi connectivity index (χ2n) is 4.65. The van der Waals surface area contributed by atoms with Crippen LogP contribution in [-0.2, 0) is 11.3 Å². The van der Waals surface area contributed by atoms with E-state index in [0.717, 1.165) is 18.5 Å². The SMILES string of the molecule is CCC(C)N(CCOC)Cc1ccc(F)c(C#N)c1. The largest absolute Gasteiger partial charge is 0.383 e. The Morgan fingerprint density at radius 3 is 2.79 bits per heavy atom. The standard InChI is InChI=1S/C15H21FN2O/c1-4-12(2)18(7-8-19-3)11-13-5-6-15(16)14(9-13)10-17/h5-6,9,12H,4,7-8,11H2,1-3H3. The third-order valence-electron chi connectivity index (χ3n) is 3.33. The zero-order valence-corrected chi connectivity index (χ0v) is 11.8. The lowest BCUT2D eigenvalue weighted by atomic mass is 10.1. The molecule has 0 aliphatic heterocycles. The molecule has 0 N–H and O–H groups in total. The molecule has 1 atom stereocenters. The summed E-state index contributed by atoms with van der Waals surface area (Å²) >= 11 is 0. The highest BCUT2D eigenvalue weighted by Crippen LogP contribution is 2.14. The second-order valence-corrected chi connectivity index (χ2v) is 4.65. The Labute approximate surface area is 114 Å². The average molecular weight is 264 g/mol. The molecule has 0 amide bonds. The van der Waals surface area contributed by atoms with Gasteiger partial charge in [-0.25, -0.2) is 4.39 Å². The Bertz CT molecular complexity index is 442. The normalized spacial score (nSPS) is 12.4. The summed E-state index contributed by atoms with van der Waals surface area (Å²) in [5, 5.41) is 8.85. The first-order valence-electron chi connectivity index (χ1n) is 6.53. The second kappa shape index (κ2) is 7.88. The van der Waals surface area contributed by atoms with Gasteiger partial charge in [0.1, 0.15) is 11.9 Å². The summed E-state index contributed by atoms with van der Waals surface area (Å²) in [5.41, 5.74) is 1.06. The smallest absolute Gasteiger partial charge is 0.140 e. The van der Waals surface area contributed by atoms with Crippen molar-refractivity contribution in [3.63, 3.8) is 0 Å². The molecule has 0 heterocycles. The van der Waals surface area contributed by atoms with Crippen LogP contribution in [0.15, 0.2) is 18.2 Å². The van der Waals surface area contributed by atoms with Crippen LogP contribution in [0, 0.1) is 17.1 Å². The number of hydrogen-bond acceptors (Lipinski definition) is 3. The molecule has 1 aromatic carbocycles. The van der Waals surface area contributed by atoms with Crippen molar-refractivity contribution in [3.8, 4) is 6.07 Å². The average Bonchev–Trinajstić information content (AvgIpc) is 2.44. The van der Waals surface area contributed by atoms with Crippen LogP contribution in [0.25, 0.3) is 0 Å². The molecule has 19 heavy (non-hydrogen) atoms. The van der Waals surface area contributed by atoms with Gasteiger partial charge in [-0.3, -0.25) is 4.90 Å². The van der Waals surface area contributed by atoms with E-state index in [0.29, 0.717) is 19.2 Å². The number of rotatable bonds is 7. The zero-order valence-electron chi connectivity index (χ0n) is 11.8. The van der Waals surface area contributed by atoms with Crippen molar-refractivity contribution in [2.24, 2.45) is 0 Å². The van der Waals surface area contributed by atoms with Crippen LogP contribution in [0.3, 0.4) is 0 Å². The number of methoxy groups -OCH3 is 1. The van der Waals surface area contributed by atoms with Gasteiger partial charge in [-0.15, -0.1) is 0 Å². The molecule has 104 valence electrons. The summed E-state index contributed by atoms with van der Waals surface area (Å²) in [7, 11) is 1.68. The molecule has 1 rings (SSSR count). The van der Waals surface area contributed by atoms with Gasteiger partial charge in [0.05, 0.1) is 12.2 Å². The summed E-state index contributed by atoms with van der Waals surface area (Å²) < 4.78 is 18.4. The van der Waals surface area contributed by atoms with Crippen LogP contribution >= 0.6 is 0 Å². The lowest BCUT2D eigenvalue weighted by Crippen LogP contribution is -2.34. The molecule has 0 saturated heterocycles. The predicted octanol–water partition coefficient (Wildman–Crippen LogP) is 2.94. The van der Waals surface area contributed by atoms with Crippen molar-refractivity contribution in [1.29, 1.82) is 5.26 Å². The highest BCUT2D eigenvalue weighted by Gasteiger charge is 2.13. The molecular weight excluding hydrogens is 243 g/mol. The van der Waals surface area contributed by atoms with Crippen molar-refractivity contribution < 1.29 is 9.13 Å². The summed E-state index contributed by atoms with van der Waals surface area (Å²) in [5.74, 6) is -0.460. The maximum Gasteiger partial charge on any atom is 0.140 e. The third kappa shape index (κ3) is 4.62. The highest BCUT2D eigenvalue weighted by molar-refractivity contribution is 5.34. The van der Waals surface area contributed by atoms with E-state index in [9.17, 15) is 4.39 Å². The molecule has 0 spiro atoms. The van der Waals surface area contributed by atoms with Crippen LogP contribution in [0.4, 0.5) is 4.39 Å². The fraction of sp³-hybridized carbons (Fsp3) is 0.533. The fourth-order valence-corrected chi connectivity index (χ4v) is 1.91. The first-order chi connectivity index (χ1) is 9.12. The van der Waals surface area contributed by atoms with Gasteiger partial charge in [-0.1, -0.05) is 13.0 Å². The van der Waals surface area contributed by atoms with Crippen LogP contribution < -0.4 is 0 Å². The number of nitrogens with zero attached hydrogens (tertiary/aromatic N) is 2. The predicted molar refractivity (Wildman–Crippen MR) is 73.2 cm³/mol. The Hall–Kier alpha value is -1.44. The van der Waals surface area contributed by atoms with Crippen molar-refractivity contribution in [2.45, 2.75) is 32.9 Å². The van der Waals surface area contributed by atoms with E-state index < -0.39 is 5.82 Å². The van der Waals surface area contributed by atoms with Crippen LogP contribution in [0.2, 0.25) is 0 Å². The molecule has 0 aromatic heterocycles. The fourth-order valence-electron chi connectivity index (χ4n) is 1.91. The Morgan fingerprint density at radius 1 is 1.47 bits per heavy atom. The third-order valence-corrected chi connectivity index (χ3v) is 3.33. The minimum atomic E-state index is -0.460. The minimum Gasteiger partial charge on any atom is -0.383 e. The molecule has 0 bridgehead atoms. The van der Waals surface area contributed by atoms with Gasteiger partial charge in [-0.2, -0.15) is 5.26 Å². The lowest BCUT2D eigenvalue weighted by Gasteiger charge is -2.28. The van der Waals surface area contributed by atoms with E-state index in [1.807, 2.05) is 6.07 Å². The highest BCUT2D eigenvalue weighted by atomic mass is 19.1. The van der Waals surface area contributed by atoms with E-state index in [1.165, 1.54) is 6.07 Å².